The molecule has 0 bridgehead atoms. The first-order valence-electron chi connectivity index (χ1n) is 9.89. The molecule has 0 unspecified atom stereocenters. The van der Waals surface area contributed by atoms with Crippen molar-refractivity contribution in [3.8, 4) is 0 Å². The van der Waals surface area contributed by atoms with Crippen molar-refractivity contribution in [1.29, 1.82) is 0 Å². The molecule has 0 amide bonds. The maximum Gasteiger partial charge on any atom is 0.164 e. The summed E-state index contributed by atoms with van der Waals surface area (Å²) in [5.74, 6) is -1.55. The molecule has 0 fully saturated rings. The predicted octanol–water partition coefficient (Wildman–Crippen LogP) is 5.47. The molecule has 25 heavy (non-hydrogen) atoms. The van der Waals surface area contributed by atoms with Gasteiger partial charge < -0.3 is 0 Å². The number of unbranched alkanes of at least 4 members (excludes halogenated alkanes) is 6. The Morgan fingerprint density at radius 3 is 1.44 bits per heavy atom. The van der Waals surface area contributed by atoms with Crippen LogP contribution in [0.5, 0.6) is 0 Å². The van der Waals surface area contributed by atoms with Gasteiger partial charge in [-0.3, -0.25) is 9.98 Å². The SMILES string of the molecule is CCCCCCC1(CCCCCC)N=c2c(C)c(F)c(F)c(C)c2=N1. The van der Waals surface area contributed by atoms with Gasteiger partial charge >= 0.3 is 0 Å². The number of rotatable bonds is 10. The highest BCUT2D eigenvalue weighted by molar-refractivity contribution is 5.26. The normalized spacial score (nSPS) is 15.0. The molecule has 140 valence electrons. The summed E-state index contributed by atoms with van der Waals surface area (Å²) in [5.41, 5.74) is 0.0798. The van der Waals surface area contributed by atoms with Crippen LogP contribution in [-0.4, -0.2) is 5.66 Å². The van der Waals surface area contributed by atoms with Crippen LogP contribution in [0.15, 0.2) is 9.98 Å². The molecular formula is C21H32F2N2. The summed E-state index contributed by atoms with van der Waals surface area (Å²) in [6.07, 6.45) is 11.0. The maximum atomic E-state index is 14.1. The molecular weight excluding hydrogens is 318 g/mol. The predicted molar refractivity (Wildman–Crippen MR) is 98.4 cm³/mol. The van der Waals surface area contributed by atoms with Crippen molar-refractivity contribution in [2.24, 2.45) is 9.98 Å². The second kappa shape index (κ2) is 8.86. The fourth-order valence-electron chi connectivity index (χ4n) is 3.63. The van der Waals surface area contributed by atoms with Crippen LogP contribution in [-0.2, 0) is 0 Å². The fraction of sp³-hybridized carbons (Fsp3) is 0.714. The third-order valence-corrected chi connectivity index (χ3v) is 5.29. The van der Waals surface area contributed by atoms with Gasteiger partial charge in [-0.05, 0) is 39.5 Å². The molecule has 1 aliphatic heterocycles. The minimum atomic E-state index is -0.775. The molecule has 0 atom stereocenters. The van der Waals surface area contributed by atoms with Crippen LogP contribution in [0, 0.1) is 25.5 Å². The number of hydrogen-bond acceptors (Lipinski definition) is 2. The van der Waals surface area contributed by atoms with E-state index in [0.717, 1.165) is 38.5 Å². The van der Waals surface area contributed by atoms with Gasteiger partial charge in [0.2, 0.25) is 0 Å². The van der Waals surface area contributed by atoms with Crippen LogP contribution in [0.25, 0.3) is 0 Å². The van der Waals surface area contributed by atoms with E-state index in [1.807, 2.05) is 0 Å². The smallest absolute Gasteiger partial charge is 0.164 e. The van der Waals surface area contributed by atoms with Gasteiger partial charge in [0.15, 0.2) is 17.3 Å². The molecule has 1 aromatic carbocycles. The molecule has 4 heteroatoms. The van der Waals surface area contributed by atoms with Gasteiger partial charge in [-0.1, -0.05) is 52.4 Å². The zero-order valence-corrected chi connectivity index (χ0v) is 16.2. The molecule has 1 aromatic rings. The van der Waals surface area contributed by atoms with Gasteiger partial charge in [-0.25, -0.2) is 8.78 Å². The van der Waals surface area contributed by atoms with Crippen molar-refractivity contribution in [2.45, 2.75) is 97.6 Å². The largest absolute Gasteiger partial charge is 0.253 e. The molecule has 0 radical (unpaired) electrons. The second-order valence-corrected chi connectivity index (χ2v) is 7.40. The molecule has 0 spiro atoms. The fourth-order valence-corrected chi connectivity index (χ4v) is 3.63. The van der Waals surface area contributed by atoms with Crippen LogP contribution in [0.2, 0.25) is 0 Å². The molecule has 0 aromatic heterocycles. The van der Waals surface area contributed by atoms with E-state index >= 15 is 0 Å². The van der Waals surface area contributed by atoms with Gasteiger partial charge in [0.25, 0.3) is 0 Å². The Bertz CT molecular complexity index is 649. The molecule has 0 aliphatic carbocycles. The van der Waals surface area contributed by atoms with Crippen molar-refractivity contribution >= 4 is 0 Å². The van der Waals surface area contributed by atoms with Crippen LogP contribution in [0.1, 0.15) is 89.2 Å². The Balaban J connectivity index is 2.33. The second-order valence-electron chi connectivity index (χ2n) is 7.40. The Labute approximate surface area is 150 Å². The number of hydrogen-bond donors (Lipinski definition) is 0. The quantitative estimate of drug-likeness (QED) is 0.500. The Morgan fingerprint density at radius 1 is 0.680 bits per heavy atom. The van der Waals surface area contributed by atoms with E-state index in [-0.39, 0.29) is 0 Å². The van der Waals surface area contributed by atoms with E-state index < -0.39 is 17.3 Å². The highest BCUT2D eigenvalue weighted by Gasteiger charge is 2.32. The first-order valence-corrected chi connectivity index (χ1v) is 9.89. The van der Waals surface area contributed by atoms with E-state index in [2.05, 4.69) is 13.8 Å². The minimum Gasteiger partial charge on any atom is -0.253 e. The molecule has 1 aliphatic rings. The summed E-state index contributed by atoms with van der Waals surface area (Å²) >= 11 is 0. The Kier molecular flexibility index (Phi) is 7.09. The molecule has 0 saturated carbocycles. The third-order valence-electron chi connectivity index (χ3n) is 5.29. The van der Waals surface area contributed by atoms with Crippen molar-refractivity contribution < 1.29 is 8.78 Å². The Morgan fingerprint density at radius 2 is 1.08 bits per heavy atom. The average Bonchev–Trinajstić information content (AvgIpc) is 2.99. The van der Waals surface area contributed by atoms with E-state index in [4.69, 9.17) is 9.98 Å². The van der Waals surface area contributed by atoms with Gasteiger partial charge in [-0.15, -0.1) is 0 Å². The molecule has 1 heterocycles. The average molecular weight is 350 g/mol. The number of fused-ring (bicyclic) bond motifs is 1. The summed E-state index contributed by atoms with van der Waals surface area (Å²) in [5, 5.41) is 1.14. The van der Waals surface area contributed by atoms with Gasteiger partial charge in [0.1, 0.15) is 0 Å². The van der Waals surface area contributed by atoms with Gasteiger partial charge in [0.05, 0.1) is 10.7 Å². The topological polar surface area (TPSA) is 24.7 Å². The number of benzene rings is 1. The van der Waals surface area contributed by atoms with E-state index in [1.54, 1.807) is 13.8 Å². The van der Waals surface area contributed by atoms with Crippen molar-refractivity contribution in [3.05, 3.63) is 33.5 Å². The lowest BCUT2D eigenvalue weighted by Gasteiger charge is -2.23. The van der Waals surface area contributed by atoms with Crippen LogP contribution in [0.4, 0.5) is 8.78 Å². The molecule has 2 rings (SSSR count). The minimum absolute atomic E-state index is 0.297. The van der Waals surface area contributed by atoms with Crippen LogP contribution in [0.3, 0.4) is 0 Å². The van der Waals surface area contributed by atoms with Crippen LogP contribution < -0.4 is 10.7 Å². The Hall–Kier alpha value is -1.32. The lowest BCUT2D eigenvalue weighted by Crippen LogP contribution is -2.30. The molecule has 0 N–H and O–H groups in total. The summed E-state index contributed by atoms with van der Waals surface area (Å²) in [4.78, 5) is 9.73. The maximum absolute atomic E-state index is 14.1. The highest BCUT2D eigenvalue weighted by Crippen LogP contribution is 2.30. The van der Waals surface area contributed by atoms with E-state index in [9.17, 15) is 8.78 Å². The summed E-state index contributed by atoms with van der Waals surface area (Å²) in [6, 6.07) is 0. The van der Waals surface area contributed by atoms with Crippen molar-refractivity contribution in [2.75, 3.05) is 0 Å². The lowest BCUT2D eigenvalue weighted by molar-refractivity contribution is 0.350. The van der Waals surface area contributed by atoms with E-state index in [1.165, 1.54) is 25.7 Å². The summed E-state index contributed by atoms with van der Waals surface area (Å²) < 4.78 is 28.3. The molecule has 2 nitrogen and oxygen atoms in total. The molecule has 0 saturated heterocycles. The monoisotopic (exact) mass is 350 g/mol. The summed E-state index contributed by atoms with van der Waals surface area (Å²) in [7, 11) is 0. The van der Waals surface area contributed by atoms with Crippen LogP contribution >= 0.6 is 0 Å². The zero-order valence-electron chi connectivity index (χ0n) is 16.2. The standard InChI is InChI=1S/C21H32F2N2/c1-5-7-9-11-13-21(14-12-10-8-6-2)24-19-15(3)17(22)18(23)16(4)20(19)25-21/h5-14H2,1-4H3. The van der Waals surface area contributed by atoms with Crippen molar-refractivity contribution in [1.82, 2.24) is 0 Å². The highest BCUT2D eigenvalue weighted by atomic mass is 19.2. The van der Waals surface area contributed by atoms with Gasteiger partial charge in [0, 0.05) is 11.1 Å². The summed E-state index contributed by atoms with van der Waals surface area (Å²) in [6.45, 7) is 7.61. The van der Waals surface area contributed by atoms with Crippen molar-refractivity contribution in [3.63, 3.8) is 0 Å². The zero-order chi connectivity index (χ0) is 18.4. The first kappa shape index (κ1) is 20.0. The lowest BCUT2D eigenvalue weighted by atomic mass is 9.95. The first-order chi connectivity index (χ1) is 12.0. The van der Waals surface area contributed by atoms with E-state index in [0.29, 0.717) is 21.8 Å². The third kappa shape index (κ3) is 4.45. The number of halogens is 2. The number of nitrogens with zero attached hydrogens (tertiary/aromatic N) is 2. The van der Waals surface area contributed by atoms with Gasteiger partial charge in [-0.2, -0.15) is 0 Å².